The van der Waals surface area contributed by atoms with E-state index in [1.54, 1.807) is 0 Å². The van der Waals surface area contributed by atoms with Gasteiger partial charge in [0.25, 0.3) is 0 Å². The zero-order valence-corrected chi connectivity index (χ0v) is 47.2. The fraction of sp³-hybridized carbons (Fsp3) is 0.0833. The van der Waals surface area contributed by atoms with Gasteiger partial charge in [0.1, 0.15) is 49.6 Å². The summed E-state index contributed by atoms with van der Waals surface area (Å²) in [5, 5.41) is 14.3. The monoisotopic (exact) mass is 1060 g/mol. The molecule has 0 saturated carbocycles. The fourth-order valence-corrected chi connectivity index (χ4v) is 20.3. The SMILES string of the molecule is Cc1ccccc1N(c1cccc2c1oc1ccccc12)c1cc2c(c3oc4ccccc4c13)-c1cc3c(cc1[Si]2(C)C)-c1c(cc(N(c2ccccc2C)c2cccc4c2oc2ccccc24)c2c1oc1ccccc12)[Si]3(C)C. The van der Waals surface area contributed by atoms with Crippen LogP contribution in [0.5, 0.6) is 0 Å². The highest BCUT2D eigenvalue weighted by Crippen LogP contribution is 2.53. The maximum atomic E-state index is 7.34. The molecule has 0 bridgehead atoms. The summed E-state index contributed by atoms with van der Waals surface area (Å²) in [6.07, 6.45) is 0. The standard InChI is InChI=1S/C72H52N2O4Si2/c1-41-21-7-13-29-51(41)73(53-31-19-27-45-43-23-9-15-33-57(43)75-69(45)53)55-39-63-67(71-65(55)47-25-11-17-35-59(47)77-71)49-37-62-50(38-61(49)79(63,3)4)68-64(80(62,5)6)40-56(66-48-26-12-18-36-60(48)78-72(66)68)74(52-30-14-8-22-42(52)2)54-32-20-28-46-44-24-10-16-34-58(44)76-70(46)54/h7-40H,1-6H3. The number of hydrogen-bond donors (Lipinski definition) is 0. The number of anilines is 6. The molecule has 0 amide bonds. The Bertz CT molecular complexity index is 4880. The van der Waals surface area contributed by atoms with Crippen LogP contribution in [0.15, 0.2) is 224 Å². The van der Waals surface area contributed by atoms with E-state index in [0.717, 1.165) is 133 Å². The third-order valence-electron chi connectivity index (χ3n) is 18.1. The Hall–Kier alpha value is -9.35. The van der Waals surface area contributed by atoms with Crippen molar-refractivity contribution in [2.24, 2.45) is 0 Å². The van der Waals surface area contributed by atoms with Gasteiger partial charge in [-0.3, -0.25) is 0 Å². The van der Waals surface area contributed by atoms with Crippen molar-refractivity contribution >= 4 is 159 Å². The zero-order valence-electron chi connectivity index (χ0n) is 45.2. The molecule has 6 nitrogen and oxygen atoms in total. The van der Waals surface area contributed by atoms with E-state index in [2.05, 4.69) is 256 Å². The van der Waals surface area contributed by atoms with Gasteiger partial charge in [0, 0.05) is 54.8 Å². The minimum atomic E-state index is -2.54. The van der Waals surface area contributed by atoms with Gasteiger partial charge in [0.05, 0.1) is 33.5 Å². The van der Waals surface area contributed by atoms with Gasteiger partial charge in [0.2, 0.25) is 0 Å². The summed E-state index contributed by atoms with van der Waals surface area (Å²) in [4.78, 5) is 4.91. The topological polar surface area (TPSA) is 59.0 Å². The van der Waals surface area contributed by atoms with E-state index in [9.17, 15) is 0 Å². The summed E-state index contributed by atoms with van der Waals surface area (Å²) >= 11 is 0. The van der Waals surface area contributed by atoms with Crippen molar-refractivity contribution < 1.29 is 17.7 Å². The molecular weight excluding hydrogens is 1010 g/mol. The van der Waals surface area contributed by atoms with Crippen molar-refractivity contribution in [3.63, 3.8) is 0 Å². The molecule has 4 aromatic heterocycles. The van der Waals surface area contributed by atoms with Crippen molar-refractivity contribution in [3.05, 3.63) is 217 Å². The van der Waals surface area contributed by atoms with E-state index in [-0.39, 0.29) is 0 Å². The number of fused-ring (bicyclic) bond motifs is 20. The second kappa shape index (κ2) is 16.1. The molecule has 0 unspecified atom stereocenters. The number of aryl methyl sites for hydroxylation is 2. The molecular formula is C72H52N2O4Si2. The van der Waals surface area contributed by atoms with Crippen molar-refractivity contribution in [1.82, 2.24) is 0 Å². The molecule has 0 N–H and O–H groups in total. The minimum Gasteiger partial charge on any atom is -0.455 e. The Labute approximate surface area is 463 Å². The summed E-state index contributed by atoms with van der Waals surface area (Å²) in [6, 6.07) is 74.8. The smallest absolute Gasteiger partial charge is 0.159 e. The van der Waals surface area contributed by atoms with Crippen LogP contribution in [-0.4, -0.2) is 16.1 Å². The van der Waals surface area contributed by atoms with Crippen molar-refractivity contribution in [2.75, 3.05) is 9.80 Å². The number of hydrogen-bond acceptors (Lipinski definition) is 6. The van der Waals surface area contributed by atoms with Crippen LogP contribution in [0.3, 0.4) is 0 Å². The average molecular weight is 1070 g/mol. The highest BCUT2D eigenvalue weighted by molar-refractivity contribution is 7.06. The van der Waals surface area contributed by atoms with Crippen LogP contribution in [0.25, 0.3) is 110 Å². The molecule has 8 heteroatoms. The summed E-state index contributed by atoms with van der Waals surface area (Å²) in [5.74, 6) is 0. The Morgan fingerprint density at radius 1 is 0.287 bits per heavy atom. The predicted molar refractivity (Wildman–Crippen MR) is 339 cm³/mol. The van der Waals surface area contributed by atoms with Gasteiger partial charge in [-0.1, -0.05) is 172 Å². The lowest BCUT2D eigenvalue weighted by molar-refractivity contribution is 0.668. The van der Waals surface area contributed by atoms with Crippen molar-refractivity contribution in [1.29, 1.82) is 0 Å². The van der Waals surface area contributed by atoms with E-state index < -0.39 is 16.1 Å². The second-order valence-corrected chi connectivity index (χ2v) is 31.8. The first kappa shape index (κ1) is 45.7. The molecule has 0 fully saturated rings. The first-order chi connectivity index (χ1) is 39.0. The van der Waals surface area contributed by atoms with E-state index >= 15 is 0 Å². The Kier molecular flexibility index (Phi) is 9.21. The van der Waals surface area contributed by atoms with Crippen molar-refractivity contribution in [2.45, 2.75) is 40.0 Å². The quantitative estimate of drug-likeness (QED) is 0.155. The largest absolute Gasteiger partial charge is 0.455 e. The maximum absolute atomic E-state index is 7.34. The lowest BCUT2D eigenvalue weighted by Crippen LogP contribution is -2.51. The Morgan fingerprint density at radius 2 is 0.613 bits per heavy atom. The predicted octanol–water partition coefficient (Wildman–Crippen LogP) is 18.4. The van der Waals surface area contributed by atoms with Crippen LogP contribution < -0.4 is 30.5 Å². The van der Waals surface area contributed by atoms with E-state index in [1.807, 2.05) is 0 Å². The molecule has 17 rings (SSSR count). The van der Waals surface area contributed by atoms with Gasteiger partial charge in [0.15, 0.2) is 11.2 Å². The van der Waals surface area contributed by atoms with Crippen molar-refractivity contribution in [3.8, 4) is 22.3 Å². The number of furan rings is 4. The van der Waals surface area contributed by atoms with Crippen LogP contribution in [-0.2, 0) is 0 Å². The molecule has 0 saturated heterocycles. The molecule has 2 aliphatic rings. The molecule has 15 aromatic rings. The fourth-order valence-electron chi connectivity index (χ4n) is 14.2. The summed E-state index contributed by atoms with van der Waals surface area (Å²) < 4.78 is 28.5. The zero-order chi connectivity index (χ0) is 53.5. The molecule has 6 heterocycles. The molecule has 11 aromatic carbocycles. The Balaban J connectivity index is 0.927. The Morgan fingerprint density at radius 3 is 1.02 bits per heavy atom. The highest BCUT2D eigenvalue weighted by atomic mass is 28.3. The summed E-state index contributed by atoms with van der Waals surface area (Å²) in [6.45, 7) is 14.6. The molecule has 0 radical (unpaired) electrons. The van der Waals surface area contributed by atoms with E-state index in [4.69, 9.17) is 17.7 Å². The van der Waals surface area contributed by atoms with Crippen LogP contribution in [0.2, 0.25) is 26.2 Å². The molecule has 80 heavy (non-hydrogen) atoms. The highest BCUT2D eigenvalue weighted by Gasteiger charge is 2.47. The van der Waals surface area contributed by atoms with Gasteiger partial charge >= 0.3 is 0 Å². The lowest BCUT2D eigenvalue weighted by atomic mass is 9.96. The van der Waals surface area contributed by atoms with Crippen LogP contribution in [0, 0.1) is 13.8 Å². The number of benzene rings is 11. The van der Waals surface area contributed by atoms with Gasteiger partial charge < -0.3 is 27.5 Å². The minimum absolute atomic E-state index is 0.856. The van der Waals surface area contributed by atoms with Crippen LogP contribution in [0.1, 0.15) is 11.1 Å². The normalized spacial score (nSPS) is 14.1. The van der Waals surface area contributed by atoms with Gasteiger partial charge in [-0.2, -0.15) is 0 Å². The van der Waals surface area contributed by atoms with Gasteiger partial charge in [-0.25, -0.2) is 0 Å². The molecule has 2 aliphatic heterocycles. The van der Waals surface area contributed by atoms with Crippen LogP contribution >= 0.6 is 0 Å². The van der Waals surface area contributed by atoms with Gasteiger partial charge in [-0.15, -0.1) is 0 Å². The molecule has 0 atom stereocenters. The third kappa shape index (κ3) is 6.01. The summed E-state index contributed by atoms with van der Waals surface area (Å²) in [5.41, 5.74) is 20.7. The van der Waals surface area contributed by atoms with E-state index in [0.29, 0.717) is 0 Å². The third-order valence-corrected chi connectivity index (χ3v) is 25.1. The first-order valence-electron chi connectivity index (χ1n) is 27.7. The molecule has 0 spiro atoms. The number of nitrogens with zero attached hydrogens (tertiary/aromatic N) is 2. The lowest BCUT2D eigenvalue weighted by Gasteiger charge is -2.29. The van der Waals surface area contributed by atoms with Gasteiger partial charge in [-0.05, 0) is 118 Å². The molecule has 0 aliphatic carbocycles. The van der Waals surface area contributed by atoms with E-state index in [1.165, 1.54) is 43.0 Å². The maximum Gasteiger partial charge on any atom is 0.159 e. The number of para-hydroxylation sites is 8. The first-order valence-corrected chi connectivity index (χ1v) is 33.7. The average Bonchev–Trinajstić information content (AvgIpc) is 3.77. The van der Waals surface area contributed by atoms with Crippen LogP contribution in [0.4, 0.5) is 34.1 Å². The second-order valence-electron chi connectivity index (χ2n) is 23.2. The molecule has 382 valence electrons. The number of rotatable bonds is 6. The summed E-state index contributed by atoms with van der Waals surface area (Å²) in [7, 11) is -5.08.